The Balaban J connectivity index is 2.05. The van der Waals surface area contributed by atoms with Gasteiger partial charge in [-0.25, -0.2) is 0 Å². The molecule has 0 aliphatic rings. The van der Waals surface area contributed by atoms with Crippen LogP contribution in [0, 0.1) is 6.92 Å². The molecule has 0 saturated carbocycles. The number of carbonyl (C=O) groups is 1. The van der Waals surface area contributed by atoms with Crippen molar-refractivity contribution in [2.75, 3.05) is 20.8 Å². The van der Waals surface area contributed by atoms with E-state index in [0.29, 0.717) is 12.1 Å². The summed E-state index contributed by atoms with van der Waals surface area (Å²) in [5, 5.41) is 2.92. The summed E-state index contributed by atoms with van der Waals surface area (Å²) < 4.78 is 10.7. The lowest BCUT2D eigenvalue weighted by Gasteiger charge is -2.17. The van der Waals surface area contributed by atoms with E-state index in [-0.39, 0.29) is 12.0 Å². The third kappa shape index (κ3) is 3.86. The quantitative estimate of drug-likeness (QED) is 0.891. The van der Waals surface area contributed by atoms with Crippen molar-refractivity contribution in [1.29, 1.82) is 0 Å². The summed E-state index contributed by atoms with van der Waals surface area (Å²) in [7, 11) is 3.25. The lowest BCUT2D eigenvalue weighted by atomic mass is 10.1. The molecule has 0 aliphatic carbocycles. The fourth-order valence-electron chi connectivity index (χ4n) is 2.29. The molecule has 0 aliphatic heterocycles. The molecule has 0 spiro atoms. The van der Waals surface area contributed by atoms with Gasteiger partial charge in [-0.2, -0.15) is 0 Å². The van der Waals surface area contributed by atoms with Crippen LogP contribution in [0.4, 0.5) is 0 Å². The van der Waals surface area contributed by atoms with Crippen LogP contribution in [0.25, 0.3) is 0 Å². The monoisotopic (exact) mass is 299 g/mol. The molecule has 1 amide bonds. The van der Waals surface area contributed by atoms with Crippen molar-refractivity contribution in [3.63, 3.8) is 0 Å². The van der Waals surface area contributed by atoms with Gasteiger partial charge >= 0.3 is 0 Å². The van der Waals surface area contributed by atoms with Crippen molar-refractivity contribution < 1.29 is 14.3 Å². The molecule has 1 N–H and O–H groups in total. The highest BCUT2D eigenvalue weighted by Crippen LogP contribution is 2.21. The maximum Gasteiger partial charge on any atom is 0.251 e. The topological polar surface area (TPSA) is 47.6 Å². The Kier molecular flexibility index (Phi) is 5.55. The van der Waals surface area contributed by atoms with Gasteiger partial charge in [-0.3, -0.25) is 4.79 Å². The van der Waals surface area contributed by atoms with Crippen molar-refractivity contribution >= 4 is 5.91 Å². The van der Waals surface area contributed by atoms with Gasteiger partial charge in [0.25, 0.3) is 5.91 Å². The highest BCUT2D eigenvalue weighted by atomic mass is 16.5. The van der Waals surface area contributed by atoms with Crippen LogP contribution >= 0.6 is 0 Å². The normalized spacial score (nSPS) is 11.8. The van der Waals surface area contributed by atoms with E-state index in [9.17, 15) is 4.79 Å². The highest BCUT2D eigenvalue weighted by Gasteiger charge is 2.14. The number of hydrogen-bond donors (Lipinski definition) is 1. The summed E-state index contributed by atoms with van der Waals surface area (Å²) in [6.07, 6.45) is -0.219. The van der Waals surface area contributed by atoms with Crippen LogP contribution in [-0.2, 0) is 4.74 Å². The number of hydrogen-bond acceptors (Lipinski definition) is 3. The van der Waals surface area contributed by atoms with Gasteiger partial charge in [0.05, 0.1) is 13.2 Å². The lowest BCUT2D eigenvalue weighted by Crippen LogP contribution is -2.29. The predicted molar refractivity (Wildman–Crippen MR) is 86.3 cm³/mol. The number of amides is 1. The molecule has 0 heterocycles. The zero-order valence-corrected chi connectivity index (χ0v) is 13.1. The molecule has 0 unspecified atom stereocenters. The van der Waals surface area contributed by atoms with Gasteiger partial charge in [-0.05, 0) is 36.2 Å². The van der Waals surface area contributed by atoms with Crippen molar-refractivity contribution in [2.24, 2.45) is 0 Å². The molecule has 2 aromatic carbocycles. The van der Waals surface area contributed by atoms with Crippen molar-refractivity contribution in [1.82, 2.24) is 5.32 Å². The number of methoxy groups -OCH3 is 2. The molecule has 1 atom stereocenters. The van der Waals surface area contributed by atoms with E-state index in [1.54, 1.807) is 14.2 Å². The van der Waals surface area contributed by atoms with Crippen LogP contribution in [-0.4, -0.2) is 26.7 Å². The SMILES string of the molecule is COc1cccc([C@@H](CNC(=O)c2ccccc2C)OC)c1. The van der Waals surface area contributed by atoms with Crippen LogP contribution in [0.2, 0.25) is 0 Å². The third-order valence-electron chi connectivity index (χ3n) is 3.59. The number of carbonyl (C=O) groups excluding carboxylic acids is 1. The molecule has 2 aromatic rings. The van der Waals surface area contributed by atoms with Gasteiger partial charge in [0.2, 0.25) is 0 Å². The Morgan fingerprint density at radius 1 is 1.14 bits per heavy atom. The van der Waals surface area contributed by atoms with Crippen molar-refractivity contribution in [2.45, 2.75) is 13.0 Å². The predicted octanol–water partition coefficient (Wildman–Crippen LogP) is 3.12. The van der Waals surface area contributed by atoms with E-state index in [1.807, 2.05) is 55.5 Å². The molecule has 4 nitrogen and oxygen atoms in total. The average molecular weight is 299 g/mol. The number of aryl methyl sites for hydroxylation is 1. The molecule has 2 rings (SSSR count). The first-order valence-corrected chi connectivity index (χ1v) is 7.16. The molecule has 0 bridgehead atoms. The van der Waals surface area contributed by atoms with E-state index >= 15 is 0 Å². The minimum Gasteiger partial charge on any atom is -0.497 e. The number of nitrogens with one attached hydrogen (secondary N) is 1. The minimum absolute atomic E-state index is 0.0944. The Morgan fingerprint density at radius 3 is 2.59 bits per heavy atom. The van der Waals surface area contributed by atoms with Crippen LogP contribution in [0.5, 0.6) is 5.75 Å². The van der Waals surface area contributed by atoms with Gasteiger partial charge in [-0.15, -0.1) is 0 Å². The zero-order chi connectivity index (χ0) is 15.9. The summed E-state index contributed by atoms with van der Waals surface area (Å²) in [4.78, 5) is 12.2. The third-order valence-corrected chi connectivity index (χ3v) is 3.59. The Hall–Kier alpha value is -2.33. The van der Waals surface area contributed by atoms with Crippen molar-refractivity contribution in [3.8, 4) is 5.75 Å². The molecule has 0 aromatic heterocycles. The summed E-state index contributed by atoms with van der Waals surface area (Å²) in [5.74, 6) is 0.674. The molecular weight excluding hydrogens is 278 g/mol. The molecule has 4 heteroatoms. The van der Waals surface area contributed by atoms with Gasteiger partial charge in [0.1, 0.15) is 5.75 Å². The first-order valence-electron chi connectivity index (χ1n) is 7.16. The summed E-state index contributed by atoms with van der Waals surface area (Å²) in [6.45, 7) is 2.32. The second kappa shape index (κ2) is 7.61. The highest BCUT2D eigenvalue weighted by molar-refractivity contribution is 5.95. The Labute approximate surface area is 131 Å². The fourth-order valence-corrected chi connectivity index (χ4v) is 2.29. The lowest BCUT2D eigenvalue weighted by molar-refractivity contribution is 0.0827. The molecule has 0 radical (unpaired) electrons. The van der Waals surface area contributed by atoms with Crippen molar-refractivity contribution in [3.05, 3.63) is 65.2 Å². The Morgan fingerprint density at radius 2 is 1.91 bits per heavy atom. The van der Waals surface area contributed by atoms with E-state index < -0.39 is 0 Å². The fraction of sp³-hybridized carbons (Fsp3) is 0.278. The first-order chi connectivity index (χ1) is 10.7. The second-order valence-electron chi connectivity index (χ2n) is 5.03. The summed E-state index contributed by atoms with van der Waals surface area (Å²) in [6, 6.07) is 15.2. The molecular formula is C18H21NO3. The van der Waals surface area contributed by atoms with Gasteiger partial charge in [0, 0.05) is 19.2 Å². The smallest absolute Gasteiger partial charge is 0.251 e. The number of ether oxygens (including phenoxy) is 2. The van der Waals surface area contributed by atoms with Crippen LogP contribution in [0.3, 0.4) is 0 Å². The molecule has 116 valence electrons. The maximum atomic E-state index is 12.2. The van der Waals surface area contributed by atoms with E-state index in [0.717, 1.165) is 16.9 Å². The van der Waals surface area contributed by atoms with E-state index in [2.05, 4.69) is 5.32 Å². The molecule has 0 saturated heterocycles. The summed E-state index contributed by atoms with van der Waals surface area (Å²) in [5.41, 5.74) is 2.60. The molecule has 0 fully saturated rings. The Bertz CT molecular complexity index is 640. The van der Waals surface area contributed by atoms with E-state index in [4.69, 9.17) is 9.47 Å². The van der Waals surface area contributed by atoms with E-state index in [1.165, 1.54) is 0 Å². The second-order valence-corrected chi connectivity index (χ2v) is 5.03. The standard InChI is InChI=1S/C18H21NO3/c1-13-7-4-5-10-16(13)18(20)19-12-17(22-3)14-8-6-9-15(11-14)21-2/h4-11,17H,12H2,1-3H3,(H,19,20)/t17-/m1/s1. The van der Waals surface area contributed by atoms with Gasteiger partial charge in [-0.1, -0.05) is 30.3 Å². The largest absolute Gasteiger partial charge is 0.497 e. The van der Waals surface area contributed by atoms with Crippen LogP contribution < -0.4 is 10.1 Å². The van der Waals surface area contributed by atoms with Crippen LogP contribution in [0.1, 0.15) is 27.6 Å². The maximum absolute atomic E-state index is 12.2. The average Bonchev–Trinajstić information content (AvgIpc) is 2.56. The van der Waals surface area contributed by atoms with Crippen LogP contribution in [0.15, 0.2) is 48.5 Å². The summed E-state index contributed by atoms with van der Waals surface area (Å²) >= 11 is 0. The van der Waals surface area contributed by atoms with Gasteiger partial charge in [0.15, 0.2) is 0 Å². The zero-order valence-electron chi connectivity index (χ0n) is 13.1. The molecule has 22 heavy (non-hydrogen) atoms. The minimum atomic E-state index is -0.219. The number of rotatable bonds is 6. The van der Waals surface area contributed by atoms with Gasteiger partial charge < -0.3 is 14.8 Å². The number of benzene rings is 2. The first kappa shape index (κ1) is 16.0.